The highest BCUT2D eigenvalue weighted by atomic mass is 32.2. The monoisotopic (exact) mass is 438 g/mol. The van der Waals surface area contributed by atoms with Gasteiger partial charge in [-0.25, -0.2) is 13.4 Å². The number of likely N-dealkylation sites (tertiary alicyclic amines) is 2. The first-order valence-corrected chi connectivity index (χ1v) is 13.2. The smallest absolute Gasteiger partial charge is 0.270 e. The van der Waals surface area contributed by atoms with E-state index in [0.29, 0.717) is 24.5 Å². The molecule has 0 radical (unpaired) electrons. The van der Waals surface area contributed by atoms with Crippen LogP contribution < -0.4 is 0 Å². The molecule has 3 fully saturated rings. The molecule has 0 N–H and O–H groups in total. The molecule has 4 heterocycles. The highest BCUT2D eigenvalue weighted by Gasteiger charge is 2.38. The lowest BCUT2D eigenvalue weighted by Crippen LogP contribution is -2.49. The Morgan fingerprint density at radius 2 is 1.87 bits per heavy atom. The minimum atomic E-state index is -3.11. The molecular formula is C21H34N4O4S. The Kier molecular flexibility index (Phi) is 6.48. The van der Waals surface area contributed by atoms with Crippen molar-refractivity contribution in [3.63, 3.8) is 0 Å². The van der Waals surface area contributed by atoms with Crippen LogP contribution in [0.2, 0.25) is 0 Å². The molecule has 4 aliphatic rings. The molecule has 30 heavy (non-hydrogen) atoms. The molecule has 2 atom stereocenters. The molecule has 2 unspecified atom stereocenters. The van der Waals surface area contributed by atoms with Crippen LogP contribution in [0.15, 0.2) is 5.10 Å². The number of carbonyl (C=O) groups is 2. The summed E-state index contributed by atoms with van der Waals surface area (Å²) >= 11 is 0. The predicted octanol–water partition coefficient (Wildman–Crippen LogP) is 1.12. The molecule has 2 amide bonds. The zero-order valence-corrected chi connectivity index (χ0v) is 18.8. The lowest BCUT2D eigenvalue weighted by molar-refractivity contribution is -0.134. The first-order chi connectivity index (χ1) is 14.3. The van der Waals surface area contributed by atoms with Gasteiger partial charge in [-0.15, -0.1) is 0 Å². The number of carbonyl (C=O) groups excluding carboxylic acids is 2. The molecule has 168 valence electrons. The van der Waals surface area contributed by atoms with Gasteiger partial charge in [-0.05, 0) is 57.0 Å². The van der Waals surface area contributed by atoms with Gasteiger partial charge in [-0.1, -0.05) is 6.92 Å². The topological polar surface area (TPSA) is 90.4 Å². The van der Waals surface area contributed by atoms with E-state index in [1.807, 2.05) is 4.90 Å². The number of amides is 2. The van der Waals surface area contributed by atoms with Gasteiger partial charge in [0, 0.05) is 32.5 Å². The fourth-order valence-corrected chi connectivity index (χ4v) is 6.86. The molecular weight excluding hydrogens is 404 g/mol. The van der Waals surface area contributed by atoms with E-state index in [4.69, 9.17) is 0 Å². The molecule has 0 aliphatic carbocycles. The predicted molar refractivity (Wildman–Crippen MR) is 115 cm³/mol. The van der Waals surface area contributed by atoms with Crippen LogP contribution >= 0.6 is 0 Å². The summed E-state index contributed by atoms with van der Waals surface area (Å²) in [6.07, 6.45) is 5.63. The first-order valence-electron chi connectivity index (χ1n) is 11.4. The van der Waals surface area contributed by atoms with Crippen molar-refractivity contribution >= 4 is 27.4 Å². The highest BCUT2D eigenvalue weighted by Crippen LogP contribution is 2.25. The van der Waals surface area contributed by atoms with Crippen LogP contribution in [0.1, 0.15) is 51.9 Å². The zero-order valence-electron chi connectivity index (χ0n) is 18.0. The van der Waals surface area contributed by atoms with Crippen molar-refractivity contribution in [2.75, 3.05) is 44.2 Å². The van der Waals surface area contributed by atoms with Crippen molar-refractivity contribution in [3.8, 4) is 0 Å². The van der Waals surface area contributed by atoms with E-state index < -0.39 is 15.9 Å². The van der Waals surface area contributed by atoms with E-state index in [-0.39, 0.29) is 29.7 Å². The largest absolute Gasteiger partial charge is 0.337 e. The van der Waals surface area contributed by atoms with Crippen LogP contribution in [0.3, 0.4) is 0 Å². The summed E-state index contributed by atoms with van der Waals surface area (Å²) in [4.78, 5) is 29.9. The third-order valence-corrected chi connectivity index (χ3v) is 8.81. The summed E-state index contributed by atoms with van der Waals surface area (Å²) in [5, 5.41) is 5.66. The summed E-state index contributed by atoms with van der Waals surface area (Å²) in [5.74, 6) is 1.08. The van der Waals surface area contributed by atoms with Crippen LogP contribution in [-0.4, -0.2) is 91.0 Å². The number of nitrogens with zero attached hydrogens (tertiary/aromatic N) is 4. The van der Waals surface area contributed by atoms with E-state index in [9.17, 15) is 18.0 Å². The van der Waals surface area contributed by atoms with Gasteiger partial charge in [0.2, 0.25) is 5.91 Å². The quantitative estimate of drug-likeness (QED) is 0.656. The van der Waals surface area contributed by atoms with Crippen LogP contribution in [0.4, 0.5) is 0 Å². The molecule has 0 aromatic heterocycles. The van der Waals surface area contributed by atoms with Crippen molar-refractivity contribution in [1.29, 1.82) is 0 Å². The third kappa shape index (κ3) is 5.04. The molecule has 0 spiro atoms. The van der Waals surface area contributed by atoms with Gasteiger partial charge in [-0.3, -0.25) is 9.59 Å². The summed E-state index contributed by atoms with van der Waals surface area (Å²) in [7, 11) is -3.11. The maximum absolute atomic E-state index is 13.2. The second-order valence-electron chi connectivity index (χ2n) is 9.58. The average Bonchev–Trinajstić information content (AvgIpc) is 3.09. The first kappa shape index (κ1) is 21.7. The molecule has 0 bridgehead atoms. The number of hydrogen-bond donors (Lipinski definition) is 0. The Hall–Kier alpha value is -1.48. The molecule has 4 aliphatic heterocycles. The molecule has 3 saturated heterocycles. The fourth-order valence-electron chi connectivity index (χ4n) is 5.17. The van der Waals surface area contributed by atoms with Gasteiger partial charge in [0.05, 0.1) is 17.5 Å². The van der Waals surface area contributed by atoms with Crippen LogP contribution in [-0.2, 0) is 19.4 Å². The average molecular weight is 439 g/mol. The normalized spacial score (nSPS) is 31.1. The van der Waals surface area contributed by atoms with Gasteiger partial charge in [0.15, 0.2) is 9.84 Å². The molecule has 0 aromatic rings. The van der Waals surface area contributed by atoms with Gasteiger partial charge in [0.1, 0.15) is 5.71 Å². The van der Waals surface area contributed by atoms with Crippen molar-refractivity contribution < 1.29 is 18.0 Å². The number of rotatable bonds is 4. The van der Waals surface area contributed by atoms with Gasteiger partial charge in [0.25, 0.3) is 5.91 Å². The Morgan fingerprint density at radius 1 is 1.10 bits per heavy atom. The van der Waals surface area contributed by atoms with Gasteiger partial charge < -0.3 is 9.80 Å². The summed E-state index contributed by atoms with van der Waals surface area (Å²) in [5.41, 5.74) is 0.409. The lowest BCUT2D eigenvalue weighted by Gasteiger charge is -2.38. The van der Waals surface area contributed by atoms with Crippen molar-refractivity contribution in [2.45, 2.75) is 57.9 Å². The minimum Gasteiger partial charge on any atom is -0.337 e. The molecule has 0 saturated carbocycles. The van der Waals surface area contributed by atoms with Gasteiger partial charge in [-0.2, -0.15) is 5.10 Å². The summed E-state index contributed by atoms with van der Waals surface area (Å²) in [6.45, 7) is 7.15. The Bertz CT molecular complexity index is 804. The molecule has 9 heteroatoms. The lowest BCUT2D eigenvalue weighted by atomic mass is 9.94. The Morgan fingerprint density at radius 3 is 2.57 bits per heavy atom. The zero-order chi connectivity index (χ0) is 21.3. The third-order valence-electron chi connectivity index (χ3n) is 7.06. The van der Waals surface area contributed by atoms with Crippen LogP contribution in [0.25, 0.3) is 0 Å². The van der Waals surface area contributed by atoms with Crippen LogP contribution in [0.5, 0.6) is 0 Å². The molecule has 0 aromatic carbocycles. The molecule has 8 nitrogen and oxygen atoms in total. The number of hydrazone groups is 1. The number of hydrogen-bond acceptors (Lipinski definition) is 6. The fraction of sp³-hybridized carbons (Fsp3) is 0.857. The summed E-state index contributed by atoms with van der Waals surface area (Å²) < 4.78 is 23.6. The maximum atomic E-state index is 13.2. The van der Waals surface area contributed by atoms with Crippen molar-refractivity contribution in [2.24, 2.45) is 16.9 Å². The van der Waals surface area contributed by atoms with E-state index in [1.54, 1.807) is 0 Å². The van der Waals surface area contributed by atoms with Crippen molar-refractivity contribution in [3.05, 3.63) is 0 Å². The van der Waals surface area contributed by atoms with Crippen LogP contribution in [0, 0.1) is 11.8 Å². The number of piperidine rings is 2. The summed E-state index contributed by atoms with van der Waals surface area (Å²) in [6, 6.07) is -0.429. The van der Waals surface area contributed by atoms with Crippen molar-refractivity contribution in [1.82, 2.24) is 14.8 Å². The van der Waals surface area contributed by atoms with E-state index in [1.165, 1.54) is 17.9 Å². The minimum absolute atomic E-state index is 0.0516. The maximum Gasteiger partial charge on any atom is 0.270 e. The van der Waals surface area contributed by atoms with E-state index >= 15 is 0 Å². The Balaban J connectivity index is 1.38. The second-order valence-corrected chi connectivity index (χ2v) is 11.8. The Labute approximate surface area is 179 Å². The number of sulfone groups is 1. The van der Waals surface area contributed by atoms with E-state index in [2.05, 4.69) is 16.9 Å². The van der Waals surface area contributed by atoms with E-state index in [0.717, 1.165) is 51.5 Å². The standard InChI is InChI=1S/C21H34N4O4S/c1-16-6-10-23(11-7-16)13-17-3-2-9-24(14-17)21(27)19-4-5-20(26)25(22-19)18-8-12-30(28,29)15-18/h16-18H,2-15H2,1H3. The highest BCUT2D eigenvalue weighted by molar-refractivity contribution is 7.91. The SMILES string of the molecule is CC1CCN(CC2CCCN(C(=O)C3=NN(C4CCS(=O)(=O)C4)C(=O)CC3)C2)CC1. The molecule has 4 rings (SSSR count). The second kappa shape index (κ2) is 8.94. The van der Waals surface area contributed by atoms with Gasteiger partial charge >= 0.3 is 0 Å².